The van der Waals surface area contributed by atoms with Crippen LogP contribution >= 0.6 is 11.3 Å². The van der Waals surface area contributed by atoms with Crippen LogP contribution in [0.5, 0.6) is 0 Å². The summed E-state index contributed by atoms with van der Waals surface area (Å²) in [4.78, 5) is 15.0. The number of pyridine rings is 2. The number of hydrogen-bond donors (Lipinski definition) is 1. The van der Waals surface area contributed by atoms with Crippen molar-refractivity contribution >= 4 is 26.3 Å². The van der Waals surface area contributed by atoms with E-state index in [1.807, 2.05) is 43.3 Å². The number of aryl methyl sites for hydroxylation is 1. The van der Waals surface area contributed by atoms with Crippen LogP contribution < -0.4 is 5.73 Å². The first-order chi connectivity index (χ1) is 14.4. The van der Waals surface area contributed by atoms with Gasteiger partial charge in [-0.1, -0.05) is 36.5 Å². The van der Waals surface area contributed by atoms with Gasteiger partial charge in [-0.2, -0.15) is 0 Å². The van der Waals surface area contributed by atoms with Crippen LogP contribution in [0.1, 0.15) is 30.7 Å². The fourth-order valence-electron chi connectivity index (χ4n) is 3.39. The van der Waals surface area contributed by atoms with Crippen molar-refractivity contribution < 1.29 is 8.42 Å². The molecule has 3 aromatic rings. The lowest BCUT2D eigenvalue weighted by Gasteiger charge is -2.16. The molecule has 0 aliphatic heterocycles. The highest BCUT2D eigenvalue weighted by molar-refractivity contribution is 7.95. The molecule has 3 heterocycles. The number of nitrogen functional groups attached to an aromatic ring is 1. The second kappa shape index (κ2) is 8.12. The van der Waals surface area contributed by atoms with Gasteiger partial charge in [-0.25, -0.2) is 13.4 Å². The average molecular weight is 439 g/mol. The Kier molecular flexibility index (Phi) is 5.53. The molecule has 2 N–H and O–H groups in total. The number of aromatic nitrogens is 3. The van der Waals surface area contributed by atoms with E-state index in [1.54, 1.807) is 25.3 Å². The number of allylic oxidation sites excluding steroid dienone is 3. The molecule has 0 radical (unpaired) electrons. The molecule has 0 aromatic carbocycles. The second-order valence-electron chi connectivity index (χ2n) is 7.07. The Bertz CT molecular complexity index is 1260. The van der Waals surface area contributed by atoms with Crippen molar-refractivity contribution in [3.8, 4) is 21.8 Å². The minimum atomic E-state index is -3.19. The van der Waals surface area contributed by atoms with Crippen LogP contribution in [0.3, 0.4) is 0 Å². The first-order valence-corrected chi connectivity index (χ1v) is 12.1. The van der Waals surface area contributed by atoms with Crippen molar-refractivity contribution in [2.45, 2.75) is 26.2 Å². The lowest BCUT2D eigenvalue weighted by atomic mass is 9.95. The first kappa shape index (κ1) is 20.4. The molecule has 0 saturated carbocycles. The summed E-state index contributed by atoms with van der Waals surface area (Å²) in [5.74, 6) is 0.121. The van der Waals surface area contributed by atoms with Gasteiger partial charge >= 0.3 is 0 Å². The summed E-state index contributed by atoms with van der Waals surface area (Å²) in [6, 6.07) is 9.78. The smallest absolute Gasteiger partial charge is 0.181 e. The number of sulfone groups is 1. The van der Waals surface area contributed by atoms with Crippen molar-refractivity contribution in [2.75, 3.05) is 11.5 Å². The van der Waals surface area contributed by atoms with E-state index in [-0.39, 0.29) is 11.7 Å². The van der Waals surface area contributed by atoms with Gasteiger partial charge in [0.05, 0.1) is 21.2 Å². The predicted molar refractivity (Wildman–Crippen MR) is 122 cm³/mol. The van der Waals surface area contributed by atoms with Gasteiger partial charge in [0.2, 0.25) is 0 Å². The van der Waals surface area contributed by atoms with Crippen LogP contribution in [0.15, 0.2) is 59.7 Å². The third-order valence-corrected chi connectivity index (χ3v) is 7.72. The van der Waals surface area contributed by atoms with Crippen LogP contribution in [-0.2, 0) is 9.84 Å². The van der Waals surface area contributed by atoms with Gasteiger partial charge in [0.15, 0.2) is 15.0 Å². The van der Waals surface area contributed by atoms with Crippen LogP contribution in [0, 0.1) is 6.92 Å². The summed E-state index contributed by atoms with van der Waals surface area (Å²) >= 11 is 1.42. The average Bonchev–Trinajstić information content (AvgIpc) is 3.16. The summed E-state index contributed by atoms with van der Waals surface area (Å²) in [6.45, 7) is 3.60. The Labute approximate surface area is 180 Å². The zero-order chi connectivity index (χ0) is 21.3. The maximum atomic E-state index is 12.1. The molecule has 1 unspecified atom stereocenters. The Balaban J connectivity index is 1.67. The molecule has 0 saturated heterocycles. The maximum absolute atomic E-state index is 12.1. The van der Waals surface area contributed by atoms with E-state index < -0.39 is 9.84 Å². The lowest BCUT2D eigenvalue weighted by molar-refractivity contribution is 0.603. The van der Waals surface area contributed by atoms with E-state index in [9.17, 15) is 8.42 Å². The van der Waals surface area contributed by atoms with E-state index >= 15 is 0 Å². The molecule has 0 amide bonds. The number of thiazole rings is 1. The Morgan fingerprint density at radius 3 is 2.77 bits per heavy atom. The highest BCUT2D eigenvalue weighted by Gasteiger charge is 2.21. The molecule has 3 aromatic heterocycles. The van der Waals surface area contributed by atoms with Crippen molar-refractivity contribution in [1.82, 2.24) is 15.0 Å². The largest absolute Gasteiger partial charge is 0.375 e. The topological polar surface area (TPSA) is 98.8 Å². The van der Waals surface area contributed by atoms with Gasteiger partial charge in [0, 0.05) is 23.5 Å². The number of anilines is 1. The van der Waals surface area contributed by atoms with Gasteiger partial charge in [-0.3, -0.25) is 9.97 Å². The Morgan fingerprint density at radius 2 is 2.07 bits per heavy atom. The van der Waals surface area contributed by atoms with Gasteiger partial charge in [0.1, 0.15) is 5.69 Å². The molecule has 0 spiro atoms. The summed E-state index contributed by atoms with van der Waals surface area (Å²) in [5.41, 5.74) is 10.3. The number of hydrogen-bond acceptors (Lipinski definition) is 7. The summed E-state index contributed by atoms with van der Waals surface area (Å²) in [5, 5.41) is 0.483. The van der Waals surface area contributed by atoms with E-state index in [0.717, 1.165) is 33.2 Å². The number of nitrogens with zero attached hydrogens (tertiary/aromatic N) is 3. The van der Waals surface area contributed by atoms with Crippen molar-refractivity contribution in [3.63, 3.8) is 0 Å². The fourth-order valence-corrected chi connectivity index (χ4v) is 5.20. The molecule has 6 nitrogen and oxygen atoms in total. The van der Waals surface area contributed by atoms with Gasteiger partial charge in [-0.05, 0) is 49.2 Å². The highest BCUT2D eigenvalue weighted by Crippen LogP contribution is 2.38. The highest BCUT2D eigenvalue weighted by atomic mass is 32.2. The summed E-state index contributed by atoms with van der Waals surface area (Å²) < 4.78 is 24.2. The molecular formula is C22H22N4O2S2. The molecule has 0 bridgehead atoms. The second-order valence-corrected chi connectivity index (χ2v) is 10.4. The van der Waals surface area contributed by atoms with E-state index in [0.29, 0.717) is 16.5 Å². The molecule has 1 atom stereocenters. The van der Waals surface area contributed by atoms with E-state index in [4.69, 9.17) is 5.73 Å². The summed E-state index contributed by atoms with van der Waals surface area (Å²) in [7, 11) is -3.19. The lowest BCUT2D eigenvalue weighted by Crippen LogP contribution is -2.09. The van der Waals surface area contributed by atoms with Crippen LogP contribution in [-0.4, -0.2) is 29.1 Å². The predicted octanol–water partition coefficient (Wildman–Crippen LogP) is 4.52. The Morgan fingerprint density at radius 1 is 1.23 bits per heavy atom. The van der Waals surface area contributed by atoms with Crippen LogP contribution in [0.4, 0.5) is 5.13 Å². The number of rotatable bonds is 5. The molecule has 0 fully saturated rings. The maximum Gasteiger partial charge on any atom is 0.181 e. The Hall–Kier alpha value is -2.84. The van der Waals surface area contributed by atoms with Crippen molar-refractivity contribution in [1.29, 1.82) is 0 Å². The third kappa shape index (κ3) is 4.06. The molecule has 30 heavy (non-hydrogen) atoms. The van der Waals surface area contributed by atoms with Crippen molar-refractivity contribution in [3.05, 3.63) is 71.0 Å². The first-order valence-electron chi connectivity index (χ1n) is 9.65. The SMILES string of the molecule is CCS(=O)(=O)C1=CCC(c2cc(-c3sc(N)nc3-c3cccc(C)n3)ccn2)C=C1. The zero-order valence-corrected chi connectivity index (χ0v) is 18.4. The number of nitrogens with two attached hydrogens (primary N) is 1. The summed E-state index contributed by atoms with van der Waals surface area (Å²) in [6.07, 6.45) is 7.75. The van der Waals surface area contributed by atoms with E-state index in [2.05, 4.69) is 15.0 Å². The fraction of sp³-hybridized carbons (Fsp3) is 0.227. The normalized spacial score (nSPS) is 16.5. The molecule has 154 valence electrons. The van der Waals surface area contributed by atoms with Gasteiger partial charge in [-0.15, -0.1) is 0 Å². The molecule has 8 heteroatoms. The van der Waals surface area contributed by atoms with Crippen molar-refractivity contribution in [2.24, 2.45) is 0 Å². The standard InChI is InChI=1S/C22H22N4O2S2/c1-3-30(27,28)17-9-7-15(8-10-17)19-13-16(11-12-24-19)21-20(26-22(23)29-21)18-6-4-5-14(2)25-18/h4-7,9-13,15H,3,8H2,1-2H3,(H2,23,26). The van der Waals surface area contributed by atoms with E-state index in [1.165, 1.54) is 11.3 Å². The quantitative estimate of drug-likeness (QED) is 0.629. The van der Waals surface area contributed by atoms with Crippen LogP contribution in [0.2, 0.25) is 0 Å². The van der Waals surface area contributed by atoms with Gasteiger partial charge in [0.25, 0.3) is 0 Å². The van der Waals surface area contributed by atoms with Gasteiger partial charge < -0.3 is 5.73 Å². The van der Waals surface area contributed by atoms with Crippen LogP contribution in [0.25, 0.3) is 21.8 Å². The molecule has 4 rings (SSSR count). The molecular weight excluding hydrogens is 416 g/mol. The molecule has 1 aliphatic carbocycles. The minimum absolute atomic E-state index is 0.0200. The molecule has 1 aliphatic rings. The third-order valence-electron chi connectivity index (χ3n) is 5.00. The zero-order valence-electron chi connectivity index (χ0n) is 16.7. The minimum Gasteiger partial charge on any atom is -0.375 e. The monoisotopic (exact) mass is 438 g/mol.